The van der Waals surface area contributed by atoms with Gasteiger partial charge in [-0.3, -0.25) is 4.72 Å². The molecule has 150 valence electrons. The van der Waals surface area contributed by atoms with Crippen molar-refractivity contribution in [2.75, 3.05) is 4.72 Å². The highest BCUT2D eigenvalue weighted by Crippen LogP contribution is 2.34. The third-order valence-corrected chi connectivity index (χ3v) is 6.33. The number of halogens is 2. The molecule has 4 aromatic rings. The van der Waals surface area contributed by atoms with Crippen LogP contribution < -0.4 is 4.72 Å². The minimum absolute atomic E-state index is 0.0620. The summed E-state index contributed by atoms with van der Waals surface area (Å²) in [5.74, 6) is 0.0948. The lowest BCUT2D eigenvalue weighted by atomic mass is 10.0. The van der Waals surface area contributed by atoms with Crippen LogP contribution in [0.25, 0.3) is 22.3 Å². The number of nitrogens with one attached hydrogen (secondary N) is 1. The van der Waals surface area contributed by atoms with Crippen LogP contribution >= 0.6 is 23.2 Å². The van der Waals surface area contributed by atoms with Gasteiger partial charge in [-0.25, -0.2) is 18.4 Å². The minimum Gasteiger partial charge on any atom is -0.263 e. The number of nitrogens with zero attached hydrogens (tertiary/aromatic N) is 2. The lowest BCUT2D eigenvalue weighted by Crippen LogP contribution is -2.15. The summed E-state index contributed by atoms with van der Waals surface area (Å²) in [5.41, 5.74) is 3.18. The smallest absolute Gasteiger partial charge is 0.263 e. The highest BCUT2D eigenvalue weighted by Gasteiger charge is 2.20. The van der Waals surface area contributed by atoms with Crippen molar-refractivity contribution in [2.24, 2.45) is 0 Å². The van der Waals surface area contributed by atoms with Crippen LogP contribution in [0, 0.1) is 0 Å². The summed E-state index contributed by atoms with van der Waals surface area (Å²) in [6.45, 7) is 0. The van der Waals surface area contributed by atoms with E-state index in [1.807, 2.05) is 54.6 Å². The molecule has 0 saturated carbocycles. The Balaban J connectivity index is 1.71. The largest absolute Gasteiger partial charge is 0.263 e. The van der Waals surface area contributed by atoms with Crippen molar-refractivity contribution in [3.8, 4) is 22.3 Å². The zero-order chi connectivity index (χ0) is 21.1. The molecule has 5 nitrogen and oxygen atoms in total. The molecule has 1 N–H and O–H groups in total. The van der Waals surface area contributed by atoms with Crippen molar-refractivity contribution in [1.29, 1.82) is 0 Å². The summed E-state index contributed by atoms with van der Waals surface area (Å²) < 4.78 is 28.1. The standard InChI is InChI=1S/C22H15Cl2N3O2S/c23-18-10-12-19(13-11-18)30(28,29)27-22-20(21(24)25-14-26-22)17-8-6-16(7-9-17)15-4-2-1-3-5-15/h1-14H,(H,25,26,27). The van der Waals surface area contributed by atoms with Gasteiger partial charge in [0.2, 0.25) is 0 Å². The maximum atomic E-state index is 12.8. The third kappa shape index (κ3) is 4.31. The number of hydrogen-bond acceptors (Lipinski definition) is 4. The molecule has 0 aliphatic heterocycles. The second-order valence-corrected chi connectivity index (χ2v) is 8.87. The predicted molar refractivity (Wildman–Crippen MR) is 120 cm³/mol. The van der Waals surface area contributed by atoms with Crippen molar-refractivity contribution in [3.05, 3.63) is 95.4 Å². The Labute approximate surface area is 184 Å². The molecule has 0 aliphatic rings. The normalized spacial score (nSPS) is 11.3. The molecule has 8 heteroatoms. The van der Waals surface area contributed by atoms with E-state index in [1.54, 1.807) is 0 Å². The van der Waals surface area contributed by atoms with E-state index in [1.165, 1.54) is 30.6 Å². The van der Waals surface area contributed by atoms with E-state index in [4.69, 9.17) is 23.2 Å². The molecular formula is C22H15Cl2N3O2S. The Kier molecular flexibility index (Phi) is 5.72. The van der Waals surface area contributed by atoms with E-state index in [9.17, 15) is 8.42 Å². The fourth-order valence-electron chi connectivity index (χ4n) is 2.96. The molecule has 0 spiro atoms. The van der Waals surface area contributed by atoms with E-state index < -0.39 is 10.0 Å². The Bertz CT molecular complexity index is 1280. The molecule has 30 heavy (non-hydrogen) atoms. The lowest BCUT2D eigenvalue weighted by Gasteiger charge is -2.13. The quantitative estimate of drug-likeness (QED) is 0.379. The summed E-state index contributed by atoms with van der Waals surface area (Å²) in [4.78, 5) is 8.19. The number of sulfonamides is 1. The van der Waals surface area contributed by atoms with Crippen LogP contribution in [-0.2, 0) is 10.0 Å². The van der Waals surface area contributed by atoms with E-state index in [2.05, 4.69) is 14.7 Å². The first-order chi connectivity index (χ1) is 14.4. The highest BCUT2D eigenvalue weighted by molar-refractivity contribution is 7.92. The van der Waals surface area contributed by atoms with Gasteiger partial charge in [0.05, 0.1) is 10.5 Å². The highest BCUT2D eigenvalue weighted by atomic mass is 35.5. The Hall–Kier alpha value is -2.93. The number of hydrogen-bond donors (Lipinski definition) is 1. The molecule has 0 fully saturated rings. The minimum atomic E-state index is -3.89. The fourth-order valence-corrected chi connectivity index (χ4v) is 4.35. The van der Waals surface area contributed by atoms with Crippen molar-refractivity contribution >= 4 is 39.0 Å². The van der Waals surface area contributed by atoms with Crippen LogP contribution in [0.2, 0.25) is 10.2 Å². The van der Waals surface area contributed by atoms with Crippen LogP contribution in [0.1, 0.15) is 0 Å². The van der Waals surface area contributed by atoms with Crippen molar-refractivity contribution < 1.29 is 8.42 Å². The number of rotatable bonds is 5. The van der Waals surface area contributed by atoms with E-state index in [0.29, 0.717) is 16.1 Å². The summed E-state index contributed by atoms with van der Waals surface area (Å²) in [7, 11) is -3.89. The first kappa shape index (κ1) is 20.3. The summed E-state index contributed by atoms with van der Waals surface area (Å²) >= 11 is 12.2. The van der Waals surface area contributed by atoms with Crippen molar-refractivity contribution in [2.45, 2.75) is 4.90 Å². The Morgan fingerprint density at radius 2 is 1.30 bits per heavy atom. The Morgan fingerprint density at radius 3 is 1.97 bits per heavy atom. The van der Waals surface area contributed by atoms with Gasteiger partial charge in [-0.05, 0) is 41.0 Å². The van der Waals surface area contributed by atoms with Crippen LogP contribution in [0.15, 0.2) is 90.1 Å². The molecule has 0 saturated heterocycles. The maximum absolute atomic E-state index is 12.8. The predicted octanol–water partition coefficient (Wildman–Crippen LogP) is 5.92. The van der Waals surface area contributed by atoms with Crippen LogP contribution in [0.3, 0.4) is 0 Å². The van der Waals surface area contributed by atoms with Gasteiger partial charge in [0.15, 0.2) is 5.82 Å². The molecule has 0 radical (unpaired) electrons. The second kappa shape index (κ2) is 8.44. The summed E-state index contributed by atoms with van der Waals surface area (Å²) in [6, 6.07) is 23.3. The second-order valence-electron chi connectivity index (χ2n) is 6.39. The average molecular weight is 456 g/mol. The third-order valence-electron chi connectivity index (χ3n) is 4.44. The fraction of sp³-hybridized carbons (Fsp3) is 0. The van der Waals surface area contributed by atoms with Gasteiger partial charge in [-0.15, -0.1) is 0 Å². The van der Waals surface area contributed by atoms with Crippen LogP contribution in [0.4, 0.5) is 5.82 Å². The Morgan fingerprint density at radius 1 is 0.700 bits per heavy atom. The van der Waals surface area contributed by atoms with Gasteiger partial charge in [-0.2, -0.15) is 0 Å². The first-order valence-corrected chi connectivity index (χ1v) is 11.1. The van der Waals surface area contributed by atoms with Crippen molar-refractivity contribution in [1.82, 2.24) is 9.97 Å². The zero-order valence-corrected chi connectivity index (χ0v) is 17.8. The van der Waals surface area contributed by atoms with Gasteiger partial charge in [-0.1, -0.05) is 77.8 Å². The SMILES string of the molecule is O=S(=O)(Nc1ncnc(Cl)c1-c1ccc(-c2ccccc2)cc1)c1ccc(Cl)cc1. The average Bonchev–Trinajstić information content (AvgIpc) is 2.75. The molecule has 0 atom stereocenters. The molecular weight excluding hydrogens is 441 g/mol. The first-order valence-electron chi connectivity index (χ1n) is 8.89. The number of aromatic nitrogens is 2. The topological polar surface area (TPSA) is 72.0 Å². The summed E-state index contributed by atoms with van der Waals surface area (Å²) in [5, 5.41) is 0.587. The molecule has 0 aliphatic carbocycles. The monoisotopic (exact) mass is 455 g/mol. The number of benzene rings is 3. The molecule has 1 aromatic heterocycles. The van der Waals surface area contributed by atoms with Gasteiger partial charge < -0.3 is 0 Å². The van der Waals surface area contributed by atoms with E-state index >= 15 is 0 Å². The van der Waals surface area contributed by atoms with E-state index in [0.717, 1.165) is 11.1 Å². The molecule has 0 unspecified atom stereocenters. The van der Waals surface area contributed by atoms with Gasteiger partial charge >= 0.3 is 0 Å². The maximum Gasteiger partial charge on any atom is 0.263 e. The number of anilines is 1. The molecule has 4 rings (SSSR count). The van der Waals surface area contributed by atoms with Gasteiger partial charge in [0.25, 0.3) is 10.0 Å². The zero-order valence-electron chi connectivity index (χ0n) is 15.5. The van der Waals surface area contributed by atoms with E-state index in [-0.39, 0.29) is 15.9 Å². The molecule has 0 bridgehead atoms. The molecule has 3 aromatic carbocycles. The molecule has 1 heterocycles. The lowest BCUT2D eigenvalue weighted by molar-refractivity contribution is 0.601. The van der Waals surface area contributed by atoms with Gasteiger partial charge in [0.1, 0.15) is 11.5 Å². The van der Waals surface area contributed by atoms with Crippen LogP contribution in [-0.4, -0.2) is 18.4 Å². The molecule has 0 amide bonds. The van der Waals surface area contributed by atoms with Crippen LogP contribution in [0.5, 0.6) is 0 Å². The summed E-state index contributed by atoms with van der Waals surface area (Å²) in [6.07, 6.45) is 1.21. The van der Waals surface area contributed by atoms with Gasteiger partial charge in [0, 0.05) is 5.02 Å². The van der Waals surface area contributed by atoms with Crippen molar-refractivity contribution in [3.63, 3.8) is 0 Å².